The van der Waals surface area contributed by atoms with Crippen LogP contribution in [0.4, 0.5) is 11.4 Å². The van der Waals surface area contributed by atoms with Gasteiger partial charge in [-0.15, -0.1) is 0 Å². The van der Waals surface area contributed by atoms with Crippen LogP contribution in [0.2, 0.25) is 0 Å². The smallest absolute Gasteiger partial charge is 0.338 e. The Morgan fingerprint density at radius 3 is 2.38 bits per heavy atom. The Labute approximate surface area is 224 Å². The Balaban J connectivity index is 1.60. The zero-order valence-corrected chi connectivity index (χ0v) is 20.9. The topological polar surface area (TPSA) is 132 Å². The fraction of sp³-hybridized carbons (Fsp3) is 0.100. The van der Waals surface area contributed by atoms with Gasteiger partial charge in [-0.2, -0.15) is 5.26 Å². The molecule has 0 aromatic heterocycles. The fourth-order valence-corrected chi connectivity index (χ4v) is 3.82. The standard InChI is InChI=1S/C30H23N3O6/c1-2-38-30(35)22-9-12-24(13-10-22)32-29(34)23(18-31)17-27-26-6-4-3-5-21(26)11-16-28(27)39-19-20-7-14-25(15-8-20)33(36)37/h3-17H,2,19H2,1H3,(H,32,34)/b23-17+. The number of carbonyl (C=O) groups excluding carboxylic acids is 2. The van der Waals surface area contributed by atoms with Crippen molar-refractivity contribution in [3.63, 3.8) is 0 Å². The van der Waals surface area contributed by atoms with Crippen molar-refractivity contribution in [2.24, 2.45) is 0 Å². The summed E-state index contributed by atoms with van der Waals surface area (Å²) in [6, 6.07) is 25.2. The number of hydrogen-bond donors (Lipinski definition) is 1. The van der Waals surface area contributed by atoms with Gasteiger partial charge in [0.2, 0.25) is 0 Å². The highest BCUT2D eigenvalue weighted by atomic mass is 16.6. The van der Waals surface area contributed by atoms with Crippen LogP contribution in [0, 0.1) is 21.4 Å². The van der Waals surface area contributed by atoms with Crippen LogP contribution in [0.1, 0.15) is 28.4 Å². The van der Waals surface area contributed by atoms with E-state index < -0.39 is 16.8 Å². The van der Waals surface area contributed by atoms with Crippen molar-refractivity contribution in [1.82, 2.24) is 0 Å². The molecule has 0 aliphatic heterocycles. The van der Waals surface area contributed by atoms with Crippen LogP contribution >= 0.6 is 0 Å². The quantitative estimate of drug-likeness (QED) is 0.0932. The average Bonchev–Trinajstić information content (AvgIpc) is 2.95. The third-order valence-corrected chi connectivity index (χ3v) is 5.78. The number of non-ortho nitro benzene ring substituents is 1. The Morgan fingerprint density at radius 1 is 1.00 bits per heavy atom. The maximum atomic E-state index is 13.0. The van der Waals surface area contributed by atoms with Gasteiger partial charge in [0.25, 0.3) is 11.6 Å². The number of rotatable bonds is 9. The van der Waals surface area contributed by atoms with E-state index in [1.807, 2.05) is 36.4 Å². The van der Waals surface area contributed by atoms with E-state index in [2.05, 4.69) is 5.32 Å². The molecule has 0 fully saturated rings. The van der Waals surface area contributed by atoms with Crippen molar-refractivity contribution in [3.8, 4) is 11.8 Å². The van der Waals surface area contributed by atoms with Crippen LogP contribution in [0.15, 0.2) is 90.5 Å². The number of ether oxygens (including phenoxy) is 2. The van der Waals surface area contributed by atoms with E-state index in [9.17, 15) is 25.0 Å². The molecule has 0 radical (unpaired) electrons. The van der Waals surface area contributed by atoms with Gasteiger partial charge in [-0.1, -0.05) is 30.3 Å². The van der Waals surface area contributed by atoms with E-state index in [1.165, 1.54) is 30.3 Å². The molecule has 1 amide bonds. The molecule has 4 aromatic rings. The Hall–Kier alpha value is -5.49. The van der Waals surface area contributed by atoms with Crippen LogP contribution in [0.3, 0.4) is 0 Å². The zero-order chi connectivity index (χ0) is 27.8. The summed E-state index contributed by atoms with van der Waals surface area (Å²) < 4.78 is 11.0. The maximum absolute atomic E-state index is 13.0. The predicted molar refractivity (Wildman–Crippen MR) is 146 cm³/mol. The first-order valence-corrected chi connectivity index (χ1v) is 12.0. The second-order valence-electron chi connectivity index (χ2n) is 8.33. The Kier molecular flexibility index (Phi) is 8.29. The molecular weight excluding hydrogens is 498 g/mol. The SMILES string of the molecule is CCOC(=O)c1ccc(NC(=O)/C(C#N)=C/c2c(OCc3ccc([N+](=O)[O-])cc3)ccc3ccccc23)cc1. The molecule has 0 aliphatic rings. The van der Waals surface area contributed by atoms with Gasteiger partial charge in [0.1, 0.15) is 24.0 Å². The van der Waals surface area contributed by atoms with E-state index in [0.717, 1.165) is 10.8 Å². The van der Waals surface area contributed by atoms with Crippen molar-refractivity contribution in [1.29, 1.82) is 5.26 Å². The Morgan fingerprint density at radius 2 is 1.72 bits per heavy atom. The van der Waals surface area contributed by atoms with Gasteiger partial charge in [-0.25, -0.2) is 4.79 Å². The van der Waals surface area contributed by atoms with E-state index in [0.29, 0.717) is 28.1 Å². The molecule has 0 atom stereocenters. The fourth-order valence-electron chi connectivity index (χ4n) is 3.82. The normalized spacial score (nSPS) is 10.9. The number of carbonyl (C=O) groups is 2. The van der Waals surface area contributed by atoms with Gasteiger partial charge in [-0.05, 0) is 71.8 Å². The van der Waals surface area contributed by atoms with Crippen molar-refractivity contribution in [3.05, 3.63) is 117 Å². The molecule has 39 heavy (non-hydrogen) atoms. The largest absolute Gasteiger partial charge is 0.488 e. The van der Waals surface area contributed by atoms with Crippen molar-refractivity contribution >= 4 is 40.1 Å². The molecular formula is C30H23N3O6. The second kappa shape index (κ2) is 12.2. The molecule has 9 nitrogen and oxygen atoms in total. The lowest BCUT2D eigenvalue weighted by Gasteiger charge is -2.13. The molecule has 0 aliphatic carbocycles. The first kappa shape index (κ1) is 26.6. The lowest BCUT2D eigenvalue weighted by atomic mass is 10.0. The van der Waals surface area contributed by atoms with Gasteiger partial charge in [0.15, 0.2) is 0 Å². The summed E-state index contributed by atoms with van der Waals surface area (Å²) in [6.45, 7) is 2.09. The van der Waals surface area contributed by atoms with Gasteiger partial charge < -0.3 is 14.8 Å². The molecule has 0 unspecified atom stereocenters. The molecule has 0 saturated carbocycles. The number of nitro benzene ring substituents is 1. The van der Waals surface area contributed by atoms with E-state index in [-0.39, 0.29) is 24.5 Å². The number of hydrogen-bond acceptors (Lipinski definition) is 7. The van der Waals surface area contributed by atoms with Crippen LogP contribution in [-0.4, -0.2) is 23.4 Å². The molecule has 9 heteroatoms. The van der Waals surface area contributed by atoms with Gasteiger partial charge in [-0.3, -0.25) is 14.9 Å². The summed E-state index contributed by atoms with van der Waals surface area (Å²) in [6.07, 6.45) is 1.47. The molecule has 1 N–H and O–H groups in total. The van der Waals surface area contributed by atoms with Crippen LogP contribution in [-0.2, 0) is 16.1 Å². The summed E-state index contributed by atoms with van der Waals surface area (Å²) in [5.41, 5.74) is 1.83. The highest BCUT2D eigenvalue weighted by Gasteiger charge is 2.15. The highest BCUT2D eigenvalue weighted by molar-refractivity contribution is 6.11. The summed E-state index contributed by atoms with van der Waals surface area (Å²) in [7, 11) is 0. The molecule has 4 aromatic carbocycles. The minimum absolute atomic E-state index is 0.0201. The zero-order valence-electron chi connectivity index (χ0n) is 20.9. The van der Waals surface area contributed by atoms with Crippen LogP contribution in [0.5, 0.6) is 5.75 Å². The number of nitro groups is 1. The number of fused-ring (bicyclic) bond motifs is 1. The minimum Gasteiger partial charge on any atom is -0.488 e. The predicted octanol–water partition coefficient (Wildman–Crippen LogP) is 6.05. The summed E-state index contributed by atoms with van der Waals surface area (Å²) >= 11 is 0. The summed E-state index contributed by atoms with van der Waals surface area (Å²) in [5.74, 6) is -0.660. The molecule has 0 heterocycles. The number of anilines is 1. The van der Waals surface area contributed by atoms with E-state index in [4.69, 9.17) is 9.47 Å². The van der Waals surface area contributed by atoms with Crippen molar-refractivity contribution < 1.29 is 24.0 Å². The third kappa shape index (κ3) is 6.45. The lowest BCUT2D eigenvalue weighted by molar-refractivity contribution is -0.384. The van der Waals surface area contributed by atoms with Crippen molar-refractivity contribution in [2.75, 3.05) is 11.9 Å². The van der Waals surface area contributed by atoms with E-state index in [1.54, 1.807) is 37.3 Å². The molecule has 4 rings (SSSR count). The summed E-state index contributed by atoms with van der Waals surface area (Å²) in [5, 5.41) is 25.1. The average molecular weight is 522 g/mol. The molecule has 194 valence electrons. The summed E-state index contributed by atoms with van der Waals surface area (Å²) in [4.78, 5) is 35.3. The highest BCUT2D eigenvalue weighted by Crippen LogP contribution is 2.31. The van der Waals surface area contributed by atoms with Crippen LogP contribution in [0.25, 0.3) is 16.8 Å². The number of nitrogens with zero attached hydrogens (tertiary/aromatic N) is 2. The van der Waals surface area contributed by atoms with Gasteiger partial charge in [0, 0.05) is 23.4 Å². The van der Waals surface area contributed by atoms with Crippen molar-refractivity contribution in [2.45, 2.75) is 13.5 Å². The van der Waals surface area contributed by atoms with E-state index >= 15 is 0 Å². The molecule has 0 bridgehead atoms. The van der Waals surface area contributed by atoms with Gasteiger partial charge >= 0.3 is 5.97 Å². The lowest BCUT2D eigenvalue weighted by Crippen LogP contribution is -2.14. The molecule has 0 saturated heterocycles. The monoisotopic (exact) mass is 521 g/mol. The Bertz CT molecular complexity index is 1600. The first-order chi connectivity index (χ1) is 18.9. The number of esters is 1. The van der Waals surface area contributed by atoms with Crippen LogP contribution < -0.4 is 10.1 Å². The molecule has 0 spiro atoms. The number of nitriles is 1. The third-order valence-electron chi connectivity index (χ3n) is 5.78. The second-order valence-corrected chi connectivity index (χ2v) is 8.33. The number of benzene rings is 4. The van der Waals surface area contributed by atoms with Gasteiger partial charge in [0.05, 0.1) is 17.1 Å². The minimum atomic E-state index is -0.629. The number of nitrogens with one attached hydrogen (secondary N) is 1. The maximum Gasteiger partial charge on any atom is 0.338 e. The first-order valence-electron chi connectivity index (χ1n) is 12.0. The number of amides is 1.